The molecule has 0 radical (unpaired) electrons. The molecule has 1 atom stereocenters. The van der Waals surface area contributed by atoms with Gasteiger partial charge in [0.1, 0.15) is 0 Å². The minimum Gasteiger partial charge on any atom is -0.352 e. The third-order valence-electron chi connectivity index (χ3n) is 6.38. The normalized spacial score (nSPS) is 20.8. The lowest BCUT2D eigenvalue weighted by Gasteiger charge is -2.42. The fourth-order valence-electron chi connectivity index (χ4n) is 4.51. The Bertz CT molecular complexity index is 804. The Morgan fingerprint density at radius 2 is 1.90 bits per heavy atom. The Hall–Kier alpha value is -2.54. The smallest absolute Gasteiger partial charge is 0.225 e. The maximum absolute atomic E-state index is 12.7. The van der Waals surface area contributed by atoms with E-state index in [9.17, 15) is 4.79 Å². The van der Waals surface area contributed by atoms with Gasteiger partial charge in [0, 0.05) is 57.0 Å². The Morgan fingerprint density at radius 3 is 2.60 bits per heavy atom. The second kappa shape index (κ2) is 9.98. The summed E-state index contributed by atoms with van der Waals surface area (Å²) in [7, 11) is 0. The predicted octanol–water partition coefficient (Wildman–Crippen LogP) is 2.43. The number of rotatable bonds is 6. The second-order valence-electron chi connectivity index (χ2n) is 8.38. The zero-order valence-electron chi connectivity index (χ0n) is 17.8. The number of nitrogens with zero attached hydrogens (tertiary/aromatic N) is 5. The van der Waals surface area contributed by atoms with Crippen LogP contribution in [0.5, 0.6) is 0 Å². The molecule has 4 rings (SSSR count). The first-order valence-corrected chi connectivity index (χ1v) is 11.2. The van der Waals surface area contributed by atoms with Crippen LogP contribution >= 0.6 is 0 Å². The van der Waals surface area contributed by atoms with Crippen molar-refractivity contribution in [2.45, 2.75) is 51.6 Å². The van der Waals surface area contributed by atoms with Crippen LogP contribution < -0.4 is 10.2 Å². The third kappa shape index (κ3) is 5.14. The molecule has 0 saturated carbocycles. The van der Waals surface area contributed by atoms with E-state index in [1.807, 2.05) is 24.5 Å². The van der Waals surface area contributed by atoms with Crippen molar-refractivity contribution in [1.29, 1.82) is 0 Å². The molecule has 2 aromatic heterocycles. The van der Waals surface area contributed by atoms with Crippen molar-refractivity contribution in [3.63, 3.8) is 0 Å². The van der Waals surface area contributed by atoms with Crippen LogP contribution in [0.25, 0.3) is 0 Å². The van der Waals surface area contributed by atoms with Crippen LogP contribution in [0.3, 0.4) is 0 Å². The largest absolute Gasteiger partial charge is 0.352 e. The van der Waals surface area contributed by atoms with Gasteiger partial charge in [0.05, 0.1) is 5.92 Å². The summed E-state index contributed by atoms with van der Waals surface area (Å²) in [6.07, 6.45) is 12.7. The van der Waals surface area contributed by atoms with Gasteiger partial charge in [0.15, 0.2) is 0 Å². The van der Waals surface area contributed by atoms with E-state index in [-0.39, 0.29) is 11.8 Å². The highest BCUT2D eigenvalue weighted by molar-refractivity contribution is 5.78. The van der Waals surface area contributed by atoms with E-state index in [4.69, 9.17) is 0 Å². The van der Waals surface area contributed by atoms with Crippen LogP contribution in [0.1, 0.15) is 43.7 Å². The summed E-state index contributed by atoms with van der Waals surface area (Å²) in [6, 6.07) is 4.44. The molecule has 30 heavy (non-hydrogen) atoms. The maximum Gasteiger partial charge on any atom is 0.225 e. The number of likely N-dealkylation sites (tertiary alicyclic amines) is 1. The van der Waals surface area contributed by atoms with E-state index >= 15 is 0 Å². The van der Waals surface area contributed by atoms with Crippen LogP contribution in [-0.4, -0.2) is 58.0 Å². The van der Waals surface area contributed by atoms with E-state index in [2.05, 4.69) is 37.0 Å². The van der Waals surface area contributed by atoms with Gasteiger partial charge in [-0.1, -0.05) is 13.0 Å². The molecular formula is C23H32N6O. The number of hydrogen-bond donors (Lipinski definition) is 1. The Kier molecular flexibility index (Phi) is 6.89. The highest BCUT2D eigenvalue weighted by Crippen LogP contribution is 2.25. The molecule has 0 aromatic carbocycles. The molecule has 2 aliphatic rings. The van der Waals surface area contributed by atoms with Crippen LogP contribution in [-0.2, 0) is 17.8 Å². The summed E-state index contributed by atoms with van der Waals surface area (Å²) in [5.74, 6) is 1.10. The molecule has 0 bridgehead atoms. The molecular weight excluding hydrogens is 376 g/mol. The van der Waals surface area contributed by atoms with E-state index in [1.54, 1.807) is 12.4 Å². The number of anilines is 1. The van der Waals surface area contributed by atoms with Crippen LogP contribution in [0.15, 0.2) is 36.9 Å². The zero-order valence-corrected chi connectivity index (χ0v) is 17.8. The fraction of sp³-hybridized carbons (Fsp3) is 0.565. The monoisotopic (exact) mass is 408 g/mol. The van der Waals surface area contributed by atoms with Crippen molar-refractivity contribution >= 4 is 11.9 Å². The molecule has 1 amide bonds. The molecule has 4 heterocycles. The highest BCUT2D eigenvalue weighted by Gasteiger charge is 2.32. The molecule has 160 valence electrons. The molecule has 7 heteroatoms. The van der Waals surface area contributed by atoms with E-state index < -0.39 is 0 Å². The van der Waals surface area contributed by atoms with Crippen LogP contribution in [0.2, 0.25) is 0 Å². The lowest BCUT2D eigenvalue weighted by molar-refractivity contribution is -0.127. The standard InChI is InChI=1S/C23H32N6O/c1-2-18-14-26-23(27-15-18)28-11-7-21(8-12-28)29-10-4-6-20(17-29)22(30)25-16-19-5-3-9-24-13-19/h3,5,9,13-15,20-21H,2,4,6-8,10-12,16-17H2,1H3,(H,25,30)/t20-/m1/s1. The molecule has 0 spiro atoms. The van der Waals surface area contributed by atoms with Crippen molar-refractivity contribution in [3.8, 4) is 0 Å². The van der Waals surface area contributed by atoms with Gasteiger partial charge in [0.25, 0.3) is 0 Å². The molecule has 2 aromatic rings. The first kappa shape index (κ1) is 20.7. The number of nitrogens with one attached hydrogen (secondary N) is 1. The molecule has 0 aliphatic carbocycles. The van der Waals surface area contributed by atoms with Crippen molar-refractivity contribution in [2.24, 2.45) is 5.92 Å². The zero-order chi connectivity index (χ0) is 20.8. The lowest BCUT2D eigenvalue weighted by Crippen LogP contribution is -2.51. The molecule has 2 aliphatic heterocycles. The summed E-state index contributed by atoms with van der Waals surface area (Å²) in [4.78, 5) is 30.7. The summed E-state index contributed by atoms with van der Waals surface area (Å²) >= 11 is 0. The van der Waals surface area contributed by atoms with Gasteiger partial charge < -0.3 is 10.2 Å². The van der Waals surface area contributed by atoms with Crippen molar-refractivity contribution < 1.29 is 4.79 Å². The first-order chi connectivity index (χ1) is 14.7. The average molecular weight is 409 g/mol. The number of amides is 1. The first-order valence-electron chi connectivity index (χ1n) is 11.2. The number of piperidine rings is 2. The second-order valence-corrected chi connectivity index (χ2v) is 8.38. The molecule has 0 unspecified atom stereocenters. The SMILES string of the molecule is CCc1cnc(N2CCC(N3CCC[C@@H](C(=O)NCc4cccnc4)C3)CC2)nc1. The topological polar surface area (TPSA) is 74.2 Å². The van der Waals surface area contributed by atoms with E-state index in [0.717, 1.165) is 69.8 Å². The van der Waals surface area contributed by atoms with Gasteiger partial charge in [0.2, 0.25) is 11.9 Å². The quantitative estimate of drug-likeness (QED) is 0.791. The Morgan fingerprint density at radius 1 is 1.10 bits per heavy atom. The van der Waals surface area contributed by atoms with Gasteiger partial charge in [-0.15, -0.1) is 0 Å². The van der Waals surface area contributed by atoms with Crippen molar-refractivity contribution in [1.82, 2.24) is 25.2 Å². The summed E-state index contributed by atoms with van der Waals surface area (Å²) < 4.78 is 0. The van der Waals surface area contributed by atoms with E-state index in [1.165, 1.54) is 5.56 Å². The van der Waals surface area contributed by atoms with Gasteiger partial charge in [-0.2, -0.15) is 0 Å². The Balaban J connectivity index is 1.26. The number of aromatic nitrogens is 3. The number of carbonyl (C=O) groups excluding carboxylic acids is 1. The van der Waals surface area contributed by atoms with Gasteiger partial charge >= 0.3 is 0 Å². The third-order valence-corrected chi connectivity index (χ3v) is 6.38. The van der Waals surface area contributed by atoms with Crippen LogP contribution in [0, 0.1) is 5.92 Å². The summed E-state index contributed by atoms with van der Waals surface area (Å²) in [6.45, 7) is 6.59. The predicted molar refractivity (Wildman–Crippen MR) is 117 cm³/mol. The lowest BCUT2D eigenvalue weighted by atomic mass is 9.93. The average Bonchev–Trinajstić information content (AvgIpc) is 2.83. The summed E-state index contributed by atoms with van der Waals surface area (Å²) in [5.41, 5.74) is 2.22. The molecule has 2 saturated heterocycles. The highest BCUT2D eigenvalue weighted by atomic mass is 16.1. The maximum atomic E-state index is 12.7. The number of carbonyl (C=O) groups is 1. The Labute approximate surface area is 178 Å². The van der Waals surface area contributed by atoms with Crippen LogP contribution in [0.4, 0.5) is 5.95 Å². The number of pyridine rings is 1. The molecule has 2 fully saturated rings. The minimum atomic E-state index is 0.0818. The van der Waals surface area contributed by atoms with E-state index in [0.29, 0.717) is 12.6 Å². The molecule has 1 N–H and O–H groups in total. The van der Waals surface area contributed by atoms with Gasteiger partial charge in [-0.25, -0.2) is 9.97 Å². The minimum absolute atomic E-state index is 0.0818. The number of aryl methyl sites for hydroxylation is 1. The van der Waals surface area contributed by atoms with Gasteiger partial charge in [-0.3, -0.25) is 14.7 Å². The van der Waals surface area contributed by atoms with Gasteiger partial charge in [-0.05, 0) is 55.8 Å². The van der Waals surface area contributed by atoms with Crippen molar-refractivity contribution in [2.75, 3.05) is 31.1 Å². The summed E-state index contributed by atoms with van der Waals surface area (Å²) in [5, 5.41) is 3.10. The number of hydrogen-bond acceptors (Lipinski definition) is 6. The fourth-order valence-corrected chi connectivity index (χ4v) is 4.51. The van der Waals surface area contributed by atoms with Crippen molar-refractivity contribution in [3.05, 3.63) is 48.0 Å². The molecule has 7 nitrogen and oxygen atoms in total.